The second-order valence-electron chi connectivity index (χ2n) is 6.88. The van der Waals surface area contributed by atoms with Gasteiger partial charge in [-0.25, -0.2) is 4.79 Å². The van der Waals surface area contributed by atoms with E-state index in [1.807, 2.05) is 20.8 Å². The van der Waals surface area contributed by atoms with Gasteiger partial charge in [0, 0.05) is 17.2 Å². The summed E-state index contributed by atoms with van der Waals surface area (Å²) in [6.07, 6.45) is 1.29. The Labute approximate surface area is 141 Å². The van der Waals surface area contributed by atoms with Crippen LogP contribution >= 0.6 is 0 Å². The summed E-state index contributed by atoms with van der Waals surface area (Å²) in [5.41, 5.74) is 0.996. The van der Waals surface area contributed by atoms with Crippen LogP contribution < -0.4 is 10.6 Å². The molecule has 1 saturated carbocycles. The highest BCUT2D eigenvalue weighted by Gasteiger charge is 2.39. The number of carboxylic acids is 1. The van der Waals surface area contributed by atoms with Crippen LogP contribution in [0.2, 0.25) is 0 Å². The average Bonchev–Trinajstić information content (AvgIpc) is 3.23. The highest BCUT2D eigenvalue weighted by molar-refractivity contribution is 5.98. The maximum atomic E-state index is 12.2. The zero-order chi connectivity index (χ0) is 17.9. The van der Waals surface area contributed by atoms with E-state index >= 15 is 0 Å². The van der Waals surface area contributed by atoms with Gasteiger partial charge in [0.15, 0.2) is 0 Å². The van der Waals surface area contributed by atoms with Gasteiger partial charge >= 0.3 is 5.97 Å². The second-order valence-corrected chi connectivity index (χ2v) is 6.88. The third-order valence-electron chi connectivity index (χ3n) is 4.17. The Morgan fingerprint density at radius 1 is 1.21 bits per heavy atom. The van der Waals surface area contributed by atoms with Crippen LogP contribution in [0.15, 0.2) is 24.3 Å². The second kappa shape index (κ2) is 7.47. The molecule has 1 aliphatic carbocycles. The van der Waals surface area contributed by atoms with Gasteiger partial charge < -0.3 is 15.7 Å². The average molecular weight is 332 g/mol. The number of carboxylic acid groups (broad SMARTS) is 1. The highest BCUT2D eigenvalue weighted by atomic mass is 16.4. The minimum absolute atomic E-state index is 0.00239. The van der Waals surface area contributed by atoms with Gasteiger partial charge in [-0.1, -0.05) is 20.8 Å². The first-order chi connectivity index (χ1) is 11.3. The zero-order valence-electron chi connectivity index (χ0n) is 14.2. The number of nitrogens with one attached hydrogen (secondary N) is 2. The molecule has 2 rings (SSSR count). The standard InChI is InChI=1S/C18H24N2O4/c1-10(2)8-15(18(23)24)20-16(21)12-4-6-13(7-5-12)19-17(22)14-9-11(14)3/h4-7,10-11,14-15H,8-9H2,1-3H3,(H,19,22)(H,20,21)(H,23,24)/t11?,14?,15-/m0/s1. The van der Waals surface area contributed by atoms with Crippen molar-refractivity contribution in [3.05, 3.63) is 29.8 Å². The fourth-order valence-corrected chi connectivity index (χ4v) is 2.56. The van der Waals surface area contributed by atoms with Crippen molar-refractivity contribution in [2.75, 3.05) is 5.32 Å². The lowest BCUT2D eigenvalue weighted by Gasteiger charge is -2.16. The van der Waals surface area contributed by atoms with Gasteiger partial charge in [0.05, 0.1) is 0 Å². The number of rotatable bonds is 7. The summed E-state index contributed by atoms with van der Waals surface area (Å²) in [5.74, 6) is -0.795. The summed E-state index contributed by atoms with van der Waals surface area (Å²) in [6.45, 7) is 5.84. The number of hydrogen-bond donors (Lipinski definition) is 3. The predicted octanol–water partition coefficient (Wildman–Crippen LogP) is 2.51. The molecular weight excluding hydrogens is 308 g/mol. The lowest BCUT2D eigenvalue weighted by atomic mass is 10.0. The fraction of sp³-hybridized carbons (Fsp3) is 0.500. The lowest BCUT2D eigenvalue weighted by molar-refractivity contribution is -0.139. The molecule has 0 aliphatic heterocycles. The van der Waals surface area contributed by atoms with Gasteiger partial charge in [0.2, 0.25) is 5.91 Å². The molecule has 24 heavy (non-hydrogen) atoms. The van der Waals surface area contributed by atoms with Crippen molar-refractivity contribution in [1.82, 2.24) is 5.32 Å². The molecule has 0 radical (unpaired) electrons. The van der Waals surface area contributed by atoms with Crippen LogP contribution in [0.25, 0.3) is 0 Å². The number of carbonyl (C=O) groups is 3. The Balaban J connectivity index is 1.95. The predicted molar refractivity (Wildman–Crippen MR) is 90.7 cm³/mol. The van der Waals surface area contributed by atoms with Crippen LogP contribution in [0.1, 0.15) is 44.0 Å². The van der Waals surface area contributed by atoms with Crippen LogP contribution in [0.4, 0.5) is 5.69 Å². The number of carbonyl (C=O) groups excluding carboxylic acids is 2. The monoisotopic (exact) mass is 332 g/mol. The molecule has 1 aromatic rings. The van der Waals surface area contributed by atoms with Gasteiger partial charge in [-0.15, -0.1) is 0 Å². The van der Waals surface area contributed by atoms with Crippen molar-refractivity contribution in [2.24, 2.45) is 17.8 Å². The highest BCUT2D eigenvalue weighted by Crippen LogP contribution is 2.38. The quantitative estimate of drug-likeness (QED) is 0.715. The van der Waals surface area contributed by atoms with Crippen LogP contribution in [0, 0.1) is 17.8 Å². The molecule has 130 valence electrons. The van der Waals surface area contributed by atoms with Gasteiger partial charge in [0.1, 0.15) is 6.04 Å². The van der Waals surface area contributed by atoms with E-state index in [0.717, 1.165) is 6.42 Å². The Kier molecular flexibility index (Phi) is 5.59. The van der Waals surface area contributed by atoms with E-state index in [9.17, 15) is 19.5 Å². The Hall–Kier alpha value is -2.37. The molecule has 1 fully saturated rings. The van der Waals surface area contributed by atoms with Gasteiger partial charge in [-0.05, 0) is 48.9 Å². The van der Waals surface area contributed by atoms with Crippen molar-refractivity contribution in [3.63, 3.8) is 0 Å². The molecule has 3 atom stereocenters. The van der Waals surface area contributed by atoms with E-state index in [-0.39, 0.29) is 17.7 Å². The molecule has 2 unspecified atom stereocenters. The van der Waals surface area contributed by atoms with Crippen LogP contribution in [0.5, 0.6) is 0 Å². The molecule has 0 spiro atoms. The SMILES string of the molecule is CC(C)C[C@H](NC(=O)c1ccc(NC(=O)C2CC2C)cc1)C(=O)O. The smallest absolute Gasteiger partial charge is 0.326 e. The third kappa shape index (κ3) is 4.81. The number of aliphatic carboxylic acids is 1. The van der Waals surface area contributed by atoms with Crippen molar-refractivity contribution in [2.45, 2.75) is 39.7 Å². The first kappa shape index (κ1) is 18.0. The molecule has 0 saturated heterocycles. The minimum atomic E-state index is -1.04. The van der Waals surface area contributed by atoms with Crippen LogP contribution in [-0.2, 0) is 9.59 Å². The molecule has 6 nitrogen and oxygen atoms in total. The molecule has 6 heteroatoms. The summed E-state index contributed by atoms with van der Waals surface area (Å²) < 4.78 is 0. The van der Waals surface area contributed by atoms with Crippen molar-refractivity contribution >= 4 is 23.5 Å². The van der Waals surface area contributed by atoms with E-state index in [0.29, 0.717) is 23.6 Å². The van der Waals surface area contributed by atoms with Gasteiger partial charge in [0.25, 0.3) is 5.91 Å². The Morgan fingerprint density at radius 2 is 1.79 bits per heavy atom. The zero-order valence-corrected chi connectivity index (χ0v) is 14.2. The van der Waals surface area contributed by atoms with E-state index in [1.165, 1.54) is 0 Å². The number of anilines is 1. The van der Waals surface area contributed by atoms with Crippen LogP contribution in [0.3, 0.4) is 0 Å². The molecular formula is C18H24N2O4. The lowest BCUT2D eigenvalue weighted by Crippen LogP contribution is -2.41. The maximum absolute atomic E-state index is 12.2. The van der Waals surface area contributed by atoms with Crippen LogP contribution in [-0.4, -0.2) is 28.9 Å². The largest absolute Gasteiger partial charge is 0.480 e. The topological polar surface area (TPSA) is 95.5 Å². The number of benzene rings is 1. The molecule has 3 N–H and O–H groups in total. The first-order valence-corrected chi connectivity index (χ1v) is 8.22. The fourth-order valence-electron chi connectivity index (χ4n) is 2.56. The first-order valence-electron chi connectivity index (χ1n) is 8.22. The van der Waals surface area contributed by atoms with Crippen molar-refractivity contribution in [3.8, 4) is 0 Å². The molecule has 0 heterocycles. The van der Waals surface area contributed by atoms with Gasteiger partial charge in [-0.2, -0.15) is 0 Å². The Bertz CT molecular complexity index is 624. The van der Waals surface area contributed by atoms with Crippen molar-refractivity contribution in [1.29, 1.82) is 0 Å². The summed E-state index contributed by atoms with van der Waals surface area (Å²) in [5, 5.41) is 14.5. The summed E-state index contributed by atoms with van der Waals surface area (Å²) in [4.78, 5) is 35.3. The normalized spacial score (nSPS) is 20.3. The molecule has 1 aromatic carbocycles. The van der Waals surface area contributed by atoms with Gasteiger partial charge in [-0.3, -0.25) is 9.59 Å². The van der Waals surface area contributed by atoms with E-state index in [1.54, 1.807) is 24.3 Å². The summed E-state index contributed by atoms with van der Waals surface area (Å²) in [6, 6.07) is 5.55. The molecule has 0 bridgehead atoms. The van der Waals surface area contributed by atoms with E-state index in [2.05, 4.69) is 10.6 Å². The molecule has 1 aliphatic rings. The summed E-state index contributed by atoms with van der Waals surface area (Å²) in [7, 11) is 0. The number of amides is 2. The molecule has 0 aromatic heterocycles. The molecule has 2 amide bonds. The Morgan fingerprint density at radius 3 is 2.25 bits per heavy atom. The summed E-state index contributed by atoms with van der Waals surface area (Å²) >= 11 is 0. The third-order valence-corrected chi connectivity index (χ3v) is 4.17. The van der Waals surface area contributed by atoms with Crippen molar-refractivity contribution < 1.29 is 19.5 Å². The van der Waals surface area contributed by atoms with E-state index in [4.69, 9.17) is 0 Å². The number of hydrogen-bond acceptors (Lipinski definition) is 3. The maximum Gasteiger partial charge on any atom is 0.326 e. The minimum Gasteiger partial charge on any atom is -0.480 e. The van der Waals surface area contributed by atoms with E-state index < -0.39 is 17.9 Å².